The highest BCUT2D eigenvalue weighted by Gasteiger charge is 2.48. The Morgan fingerprint density at radius 1 is 1.08 bits per heavy atom. The van der Waals surface area contributed by atoms with E-state index in [4.69, 9.17) is 0 Å². The van der Waals surface area contributed by atoms with Crippen LogP contribution in [0.25, 0.3) is 0 Å². The van der Waals surface area contributed by atoms with Crippen LogP contribution in [0.4, 0.5) is 4.39 Å². The van der Waals surface area contributed by atoms with Crippen LogP contribution >= 0.6 is 0 Å². The summed E-state index contributed by atoms with van der Waals surface area (Å²) in [6.45, 7) is 11.0. The Labute approximate surface area is 213 Å². The van der Waals surface area contributed by atoms with Gasteiger partial charge < -0.3 is 25.8 Å². The van der Waals surface area contributed by atoms with Crippen molar-refractivity contribution in [1.29, 1.82) is 0 Å². The lowest BCUT2D eigenvalue weighted by molar-refractivity contribution is -0.140. The number of likely N-dealkylation sites (N-methyl/N-ethyl adjacent to an activating group) is 1. The zero-order valence-electron chi connectivity index (χ0n) is 22.1. The smallest absolute Gasteiger partial charge is 0.246 e. The predicted octanol–water partition coefficient (Wildman–Crippen LogP) is 1.42. The van der Waals surface area contributed by atoms with Gasteiger partial charge in [0.15, 0.2) is 0 Å². The lowest BCUT2D eigenvalue weighted by atomic mass is 9.85. The Morgan fingerprint density at radius 3 is 2.14 bits per heavy atom. The van der Waals surface area contributed by atoms with E-state index >= 15 is 0 Å². The van der Waals surface area contributed by atoms with Gasteiger partial charge in [0, 0.05) is 26.6 Å². The highest BCUT2D eigenvalue weighted by atomic mass is 19.1. The van der Waals surface area contributed by atoms with E-state index < -0.39 is 11.5 Å². The molecule has 36 heavy (non-hydrogen) atoms. The van der Waals surface area contributed by atoms with Gasteiger partial charge in [-0.2, -0.15) is 0 Å². The van der Waals surface area contributed by atoms with Crippen LogP contribution < -0.4 is 16.0 Å². The van der Waals surface area contributed by atoms with Crippen molar-refractivity contribution >= 4 is 24.1 Å². The number of rotatable bonds is 7. The summed E-state index contributed by atoms with van der Waals surface area (Å²) >= 11 is 0. The quantitative estimate of drug-likeness (QED) is 0.486. The molecule has 0 spiro atoms. The summed E-state index contributed by atoms with van der Waals surface area (Å²) in [5, 5.41) is 8.31. The van der Waals surface area contributed by atoms with Gasteiger partial charge in [0.2, 0.25) is 24.1 Å². The van der Waals surface area contributed by atoms with Crippen molar-refractivity contribution in [2.75, 3.05) is 20.1 Å². The predicted molar refractivity (Wildman–Crippen MR) is 135 cm³/mol. The summed E-state index contributed by atoms with van der Waals surface area (Å²) < 4.78 is 12.3. The normalized spacial score (nSPS) is 20.5. The van der Waals surface area contributed by atoms with Gasteiger partial charge >= 0.3 is 0 Å². The molecule has 3 rings (SSSR count). The number of nitrogens with one attached hydrogen (secondary N) is 3. The van der Waals surface area contributed by atoms with E-state index in [0.717, 1.165) is 18.4 Å². The fraction of sp³-hybridized carbons (Fsp3) is 0.615. The summed E-state index contributed by atoms with van der Waals surface area (Å²) in [7, 11) is 1.72. The number of halogens is 1. The summed E-state index contributed by atoms with van der Waals surface area (Å²) in [4.78, 5) is 51.0. The fourth-order valence-electron chi connectivity index (χ4n) is 4.63. The Hall–Kier alpha value is -3.01. The summed E-state index contributed by atoms with van der Waals surface area (Å²) in [5.74, 6) is -0.407. The third kappa shape index (κ3) is 7.49. The second kappa shape index (κ2) is 12.8. The van der Waals surface area contributed by atoms with E-state index in [1.165, 1.54) is 12.1 Å². The van der Waals surface area contributed by atoms with Crippen LogP contribution in [0.15, 0.2) is 24.3 Å². The van der Waals surface area contributed by atoms with Crippen LogP contribution in [-0.4, -0.2) is 78.2 Å². The first kappa shape index (κ1) is 29.2. The summed E-state index contributed by atoms with van der Waals surface area (Å²) in [6, 6.07) is 5.24. The Bertz CT molecular complexity index is 918. The van der Waals surface area contributed by atoms with Gasteiger partial charge in [-0.3, -0.25) is 19.2 Å². The van der Waals surface area contributed by atoms with Gasteiger partial charge in [-0.15, -0.1) is 0 Å². The van der Waals surface area contributed by atoms with Gasteiger partial charge in [0.1, 0.15) is 11.9 Å². The molecule has 0 aromatic heterocycles. The average Bonchev–Trinajstić information content (AvgIpc) is 3.43. The van der Waals surface area contributed by atoms with Crippen LogP contribution in [-0.2, 0) is 25.7 Å². The molecule has 4 atom stereocenters. The third-order valence-electron chi connectivity index (χ3n) is 6.79. The van der Waals surface area contributed by atoms with Crippen LogP contribution in [0.5, 0.6) is 0 Å². The second-order valence-electron chi connectivity index (χ2n) is 10.4. The SMILES string of the molecule is CN[C@@H](C)C(=O)NC(C(=O)N1CCC2C1CCN2C(C)=O)C(C)(C)C.O=CNCc1ccc(F)cc1. The molecule has 1 aromatic carbocycles. The van der Waals surface area contributed by atoms with Crippen molar-refractivity contribution in [2.45, 2.75) is 78.2 Å². The van der Waals surface area contributed by atoms with Crippen molar-refractivity contribution < 1.29 is 23.6 Å². The van der Waals surface area contributed by atoms with Crippen LogP contribution in [0.2, 0.25) is 0 Å². The van der Waals surface area contributed by atoms with E-state index in [-0.39, 0.29) is 41.7 Å². The Morgan fingerprint density at radius 2 is 1.64 bits per heavy atom. The standard InChI is InChI=1S/C18H32N4O3.C8H8FNO/c1-11(19-6)16(24)20-15(18(3,4)5)17(25)22-10-8-13-14(22)7-9-21(13)12(2)23;9-8-3-1-7(2-4-8)5-10-6-11/h11,13-15,19H,7-10H2,1-6H3,(H,20,24);1-4,6H,5H2,(H,10,11)/t11-,13?,14?,15?;/m0./s1. The number of likely N-dealkylation sites (tertiary alicyclic amines) is 2. The van der Waals surface area contributed by atoms with Crippen molar-refractivity contribution in [3.05, 3.63) is 35.6 Å². The second-order valence-corrected chi connectivity index (χ2v) is 10.4. The number of fused-ring (bicyclic) bond motifs is 1. The first-order valence-corrected chi connectivity index (χ1v) is 12.4. The number of carbonyl (C=O) groups excluding carboxylic acids is 4. The Balaban J connectivity index is 0.000000346. The van der Waals surface area contributed by atoms with Crippen LogP contribution in [0, 0.1) is 11.2 Å². The maximum Gasteiger partial charge on any atom is 0.246 e. The van der Waals surface area contributed by atoms with Gasteiger partial charge in [0.05, 0.1) is 18.1 Å². The molecule has 1 aromatic rings. The average molecular weight is 506 g/mol. The maximum absolute atomic E-state index is 13.2. The summed E-state index contributed by atoms with van der Waals surface area (Å²) in [5.41, 5.74) is 0.496. The topological polar surface area (TPSA) is 111 Å². The van der Waals surface area contributed by atoms with Crippen LogP contribution in [0.3, 0.4) is 0 Å². The number of hydrogen-bond donors (Lipinski definition) is 3. The third-order valence-corrected chi connectivity index (χ3v) is 6.79. The maximum atomic E-state index is 13.2. The first-order chi connectivity index (χ1) is 16.9. The van der Waals surface area contributed by atoms with Gasteiger partial charge in [-0.1, -0.05) is 32.9 Å². The molecule has 2 saturated heterocycles. The monoisotopic (exact) mass is 505 g/mol. The molecule has 0 aliphatic carbocycles. The van der Waals surface area contributed by atoms with Crippen LogP contribution in [0.1, 0.15) is 53.0 Å². The number of hydrogen-bond acceptors (Lipinski definition) is 5. The zero-order valence-corrected chi connectivity index (χ0v) is 22.1. The van der Waals surface area contributed by atoms with E-state index in [2.05, 4.69) is 16.0 Å². The largest absolute Gasteiger partial charge is 0.355 e. The minimum Gasteiger partial charge on any atom is -0.355 e. The Kier molecular flexibility index (Phi) is 10.4. The summed E-state index contributed by atoms with van der Waals surface area (Å²) in [6.07, 6.45) is 2.24. The lowest BCUT2D eigenvalue weighted by Crippen LogP contribution is -2.58. The van der Waals surface area contributed by atoms with Crippen molar-refractivity contribution in [3.63, 3.8) is 0 Å². The number of benzene rings is 1. The molecule has 200 valence electrons. The zero-order chi connectivity index (χ0) is 27.0. The molecule has 2 aliphatic heterocycles. The highest BCUT2D eigenvalue weighted by Crippen LogP contribution is 2.33. The van der Waals surface area contributed by atoms with E-state index in [1.807, 2.05) is 30.6 Å². The minimum absolute atomic E-state index is 0.0398. The van der Waals surface area contributed by atoms with Gasteiger partial charge in [0.25, 0.3) is 0 Å². The molecule has 3 unspecified atom stereocenters. The molecular formula is C26H40FN5O4. The molecule has 9 nitrogen and oxygen atoms in total. The number of amides is 4. The lowest BCUT2D eigenvalue weighted by Gasteiger charge is -2.36. The van der Waals surface area contributed by atoms with E-state index in [0.29, 0.717) is 26.0 Å². The highest BCUT2D eigenvalue weighted by molar-refractivity contribution is 5.90. The van der Waals surface area contributed by atoms with Gasteiger partial charge in [-0.05, 0) is 49.9 Å². The van der Waals surface area contributed by atoms with Gasteiger partial charge in [-0.25, -0.2) is 4.39 Å². The molecule has 10 heteroatoms. The molecule has 3 N–H and O–H groups in total. The van der Waals surface area contributed by atoms with Crippen molar-refractivity contribution in [1.82, 2.24) is 25.8 Å². The molecule has 4 amide bonds. The molecule has 0 bridgehead atoms. The molecule has 2 heterocycles. The molecule has 2 aliphatic rings. The molecule has 0 saturated carbocycles. The number of carbonyl (C=O) groups is 4. The molecule has 2 fully saturated rings. The minimum atomic E-state index is -0.582. The molecular weight excluding hydrogens is 465 g/mol. The van der Waals surface area contributed by atoms with Crippen molar-refractivity contribution in [3.8, 4) is 0 Å². The van der Waals surface area contributed by atoms with E-state index in [1.54, 1.807) is 33.0 Å². The van der Waals surface area contributed by atoms with Crippen molar-refractivity contribution in [2.24, 2.45) is 5.41 Å². The first-order valence-electron chi connectivity index (χ1n) is 12.4. The van der Waals surface area contributed by atoms with E-state index in [9.17, 15) is 23.6 Å². The molecule has 0 radical (unpaired) electrons. The fourth-order valence-corrected chi connectivity index (χ4v) is 4.63. The number of nitrogens with zero attached hydrogens (tertiary/aromatic N) is 2.